The van der Waals surface area contributed by atoms with Crippen molar-refractivity contribution in [1.82, 2.24) is 4.90 Å². The van der Waals surface area contributed by atoms with E-state index in [9.17, 15) is 4.79 Å². The number of carbonyl (C=O) groups is 1. The van der Waals surface area contributed by atoms with Gasteiger partial charge in [-0.25, -0.2) is 0 Å². The molecule has 122 valence electrons. The molecule has 1 fully saturated rings. The van der Waals surface area contributed by atoms with Gasteiger partial charge in [0.15, 0.2) is 0 Å². The molecule has 2 rings (SSSR count). The maximum absolute atomic E-state index is 12.8. The number of ether oxygens (including phenoxy) is 1. The van der Waals surface area contributed by atoms with Gasteiger partial charge in [0.2, 0.25) is 5.91 Å². The van der Waals surface area contributed by atoms with Crippen LogP contribution in [0.5, 0.6) is 5.75 Å². The highest BCUT2D eigenvalue weighted by molar-refractivity contribution is 5.87. The van der Waals surface area contributed by atoms with Crippen LogP contribution in [0.4, 0.5) is 0 Å². The molecule has 1 aromatic carbocycles. The van der Waals surface area contributed by atoms with Gasteiger partial charge in [0, 0.05) is 19.1 Å². The lowest BCUT2D eigenvalue weighted by Gasteiger charge is -2.29. The number of likely N-dealkylation sites (tertiary alicyclic amines) is 1. The summed E-state index contributed by atoms with van der Waals surface area (Å²) in [5.41, 5.74) is 6.38. The topological polar surface area (TPSA) is 55.6 Å². The van der Waals surface area contributed by atoms with E-state index in [0.717, 1.165) is 24.3 Å². The lowest BCUT2D eigenvalue weighted by atomic mass is 9.83. The quantitative estimate of drug-likeness (QED) is 0.909. The smallest absolute Gasteiger partial charge is 0.232 e. The lowest BCUT2D eigenvalue weighted by Crippen LogP contribution is -2.43. The van der Waals surface area contributed by atoms with E-state index in [4.69, 9.17) is 10.5 Å². The van der Waals surface area contributed by atoms with Gasteiger partial charge in [-0.1, -0.05) is 26.0 Å². The summed E-state index contributed by atoms with van der Waals surface area (Å²) < 4.78 is 5.70. The van der Waals surface area contributed by atoms with Crippen molar-refractivity contribution in [3.05, 3.63) is 29.8 Å². The van der Waals surface area contributed by atoms with E-state index in [0.29, 0.717) is 19.1 Å². The molecule has 0 aliphatic carbocycles. The molecule has 22 heavy (non-hydrogen) atoms. The van der Waals surface area contributed by atoms with E-state index in [-0.39, 0.29) is 11.9 Å². The Bertz CT molecular complexity index is 508. The summed E-state index contributed by atoms with van der Waals surface area (Å²) in [5.74, 6) is 1.50. The van der Waals surface area contributed by atoms with E-state index in [1.54, 1.807) is 0 Å². The first kappa shape index (κ1) is 16.8. The van der Waals surface area contributed by atoms with Crippen LogP contribution >= 0.6 is 0 Å². The SMILES string of the molecule is CC(C)COc1ccc(C(C)(C)C(=O)N2CC[C@@H](N)C2)cc1. The van der Waals surface area contributed by atoms with Gasteiger partial charge in [-0.15, -0.1) is 0 Å². The summed E-state index contributed by atoms with van der Waals surface area (Å²) in [7, 11) is 0. The van der Waals surface area contributed by atoms with Crippen LogP contribution in [-0.2, 0) is 10.2 Å². The first-order chi connectivity index (χ1) is 10.3. The number of rotatable bonds is 5. The Hall–Kier alpha value is -1.55. The van der Waals surface area contributed by atoms with Crippen molar-refractivity contribution in [2.24, 2.45) is 11.7 Å². The van der Waals surface area contributed by atoms with Crippen LogP contribution < -0.4 is 10.5 Å². The fourth-order valence-electron chi connectivity index (χ4n) is 2.72. The molecule has 1 atom stereocenters. The first-order valence-electron chi connectivity index (χ1n) is 8.09. The Kier molecular flexibility index (Phi) is 5.12. The predicted octanol–water partition coefficient (Wildman–Crippen LogP) is 2.56. The molecule has 0 saturated carbocycles. The van der Waals surface area contributed by atoms with E-state index in [2.05, 4.69) is 13.8 Å². The third-order valence-electron chi connectivity index (χ3n) is 4.21. The highest BCUT2D eigenvalue weighted by Crippen LogP contribution is 2.29. The zero-order valence-corrected chi connectivity index (χ0v) is 14.1. The molecule has 1 aliphatic heterocycles. The van der Waals surface area contributed by atoms with Crippen LogP contribution in [0.15, 0.2) is 24.3 Å². The van der Waals surface area contributed by atoms with Crippen molar-refractivity contribution >= 4 is 5.91 Å². The fraction of sp³-hybridized carbons (Fsp3) is 0.611. The van der Waals surface area contributed by atoms with Crippen LogP contribution in [0, 0.1) is 5.92 Å². The number of hydrogen-bond acceptors (Lipinski definition) is 3. The standard InChI is InChI=1S/C18H28N2O2/c1-13(2)12-22-16-7-5-14(6-8-16)18(3,4)17(21)20-10-9-15(19)11-20/h5-8,13,15H,9-12,19H2,1-4H3/t15-/m1/s1. The normalized spacial score (nSPS) is 18.8. The summed E-state index contributed by atoms with van der Waals surface area (Å²) in [4.78, 5) is 14.6. The minimum Gasteiger partial charge on any atom is -0.493 e. The van der Waals surface area contributed by atoms with Gasteiger partial charge in [0.05, 0.1) is 12.0 Å². The molecule has 0 spiro atoms. The van der Waals surface area contributed by atoms with Gasteiger partial charge in [0.1, 0.15) is 5.75 Å². The van der Waals surface area contributed by atoms with Gasteiger partial charge in [0.25, 0.3) is 0 Å². The molecular weight excluding hydrogens is 276 g/mol. The average Bonchev–Trinajstić information content (AvgIpc) is 2.91. The highest BCUT2D eigenvalue weighted by atomic mass is 16.5. The molecule has 1 aromatic rings. The van der Waals surface area contributed by atoms with Gasteiger partial charge >= 0.3 is 0 Å². The summed E-state index contributed by atoms with van der Waals surface area (Å²) in [5, 5.41) is 0. The van der Waals surface area contributed by atoms with Crippen molar-refractivity contribution < 1.29 is 9.53 Å². The molecule has 0 radical (unpaired) electrons. The molecule has 1 heterocycles. The average molecular weight is 304 g/mol. The number of amides is 1. The highest BCUT2D eigenvalue weighted by Gasteiger charge is 2.36. The van der Waals surface area contributed by atoms with Crippen molar-refractivity contribution in [2.75, 3.05) is 19.7 Å². The number of nitrogens with zero attached hydrogens (tertiary/aromatic N) is 1. The molecule has 0 aromatic heterocycles. The minimum atomic E-state index is -0.541. The number of benzene rings is 1. The molecular formula is C18H28N2O2. The second-order valence-electron chi connectivity index (χ2n) is 7.15. The molecule has 2 N–H and O–H groups in total. The fourth-order valence-corrected chi connectivity index (χ4v) is 2.72. The van der Waals surface area contributed by atoms with Crippen LogP contribution in [0.25, 0.3) is 0 Å². The molecule has 4 nitrogen and oxygen atoms in total. The molecule has 0 bridgehead atoms. The van der Waals surface area contributed by atoms with Crippen molar-refractivity contribution in [3.63, 3.8) is 0 Å². The summed E-state index contributed by atoms with van der Waals surface area (Å²) in [6, 6.07) is 7.99. The largest absolute Gasteiger partial charge is 0.493 e. The number of hydrogen-bond donors (Lipinski definition) is 1. The maximum Gasteiger partial charge on any atom is 0.232 e. The Labute approximate surface area is 133 Å². The molecule has 0 unspecified atom stereocenters. The van der Waals surface area contributed by atoms with Crippen molar-refractivity contribution in [2.45, 2.75) is 45.6 Å². The molecule has 4 heteroatoms. The Morgan fingerprint density at radius 3 is 2.50 bits per heavy atom. The first-order valence-corrected chi connectivity index (χ1v) is 8.09. The molecule has 1 aliphatic rings. The summed E-state index contributed by atoms with van der Waals surface area (Å²) in [6.45, 7) is 10.3. The lowest BCUT2D eigenvalue weighted by molar-refractivity contribution is -0.135. The third kappa shape index (κ3) is 3.80. The maximum atomic E-state index is 12.8. The van der Waals surface area contributed by atoms with Crippen LogP contribution in [0.3, 0.4) is 0 Å². The van der Waals surface area contributed by atoms with Crippen molar-refractivity contribution in [3.8, 4) is 5.75 Å². The molecule has 1 amide bonds. The minimum absolute atomic E-state index is 0.117. The van der Waals surface area contributed by atoms with Crippen LogP contribution in [0.2, 0.25) is 0 Å². The summed E-state index contributed by atoms with van der Waals surface area (Å²) >= 11 is 0. The number of carbonyl (C=O) groups excluding carboxylic acids is 1. The van der Waals surface area contributed by atoms with E-state index >= 15 is 0 Å². The van der Waals surface area contributed by atoms with Gasteiger partial charge in [-0.05, 0) is 43.9 Å². The van der Waals surface area contributed by atoms with Crippen LogP contribution in [0.1, 0.15) is 39.7 Å². The second kappa shape index (κ2) is 6.69. The predicted molar refractivity (Wildman–Crippen MR) is 89.0 cm³/mol. The zero-order chi connectivity index (χ0) is 16.3. The number of nitrogens with two attached hydrogens (primary N) is 1. The second-order valence-corrected chi connectivity index (χ2v) is 7.15. The van der Waals surface area contributed by atoms with Crippen LogP contribution in [-0.4, -0.2) is 36.5 Å². The Balaban J connectivity index is 2.06. The van der Waals surface area contributed by atoms with E-state index < -0.39 is 5.41 Å². The Morgan fingerprint density at radius 2 is 2.00 bits per heavy atom. The summed E-state index contributed by atoms with van der Waals surface area (Å²) in [6.07, 6.45) is 0.893. The van der Waals surface area contributed by atoms with E-state index in [1.807, 2.05) is 43.0 Å². The van der Waals surface area contributed by atoms with Gasteiger partial charge in [-0.3, -0.25) is 4.79 Å². The van der Waals surface area contributed by atoms with Gasteiger partial charge < -0.3 is 15.4 Å². The Morgan fingerprint density at radius 1 is 1.36 bits per heavy atom. The third-order valence-corrected chi connectivity index (χ3v) is 4.21. The van der Waals surface area contributed by atoms with E-state index in [1.165, 1.54) is 0 Å². The zero-order valence-electron chi connectivity index (χ0n) is 14.1. The monoisotopic (exact) mass is 304 g/mol. The molecule has 1 saturated heterocycles. The van der Waals surface area contributed by atoms with Gasteiger partial charge in [-0.2, -0.15) is 0 Å². The van der Waals surface area contributed by atoms with Crippen molar-refractivity contribution in [1.29, 1.82) is 0 Å².